The Hall–Kier alpha value is -0.380. The van der Waals surface area contributed by atoms with Gasteiger partial charge in [0.2, 0.25) is 0 Å². The molecule has 2 N–H and O–H groups in total. The first-order valence-electron chi connectivity index (χ1n) is 9.65. The van der Waals surface area contributed by atoms with E-state index in [0.717, 1.165) is 38.5 Å². The van der Waals surface area contributed by atoms with Crippen LogP contribution in [0.4, 0.5) is 0 Å². The van der Waals surface area contributed by atoms with Crippen LogP contribution in [0, 0.1) is 0 Å². The minimum Gasteiger partial charge on any atom is -0.465 e. The highest BCUT2D eigenvalue weighted by atomic mass is 31.2. The molecule has 144 valence electrons. The normalized spacial score (nSPS) is 13.0. The minimum absolute atomic E-state index is 0.209. The zero-order valence-electron chi connectivity index (χ0n) is 15.5. The van der Waals surface area contributed by atoms with Gasteiger partial charge in [0.05, 0.1) is 6.61 Å². The summed E-state index contributed by atoms with van der Waals surface area (Å²) in [5.41, 5.74) is -1.29. The molecule has 0 aliphatic rings. The summed E-state index contributed by atoms with van der Waals surface area (Å²) < 4.78 is 16.6. The third-order valence-corrected chi connectivity index (χ3v) is 5.53. The van der Waals surface area contributed by atoms with Gasteiger partial charge in [0.25, 0.3) is 0 Å². The molecule has 0 amide bonds. The smallest absolute Gasteiger partial charge is 0.339 e. The van der Waals surface area contributed by atoms with Gasteiger partial charge in [-0.1, -0.05) is 84.5 Å². The van der Waals surface area contributed by atoms with E-state index in [-0.39, 0.29) is 13.0 Å². The van der Waals surface area contributed by atoms with Crippen LogP contribution >= 0.6 is 7.60 Å². The molecule has 0 fully saturated rings. The monoisotopic (exact) mass is 364 g/mol. The average molecular weight is 364 g/mol. The van der Waals surface area contributed by atoms with Crippen molar-refractivity contribution in [2.24, 2.45) is 0 Å². The lowest BCUT2D eigenvalue weighted by Gasteiger charge is -2.17. The lowest BCUT2D eigenvalue weighted by atomic mass is 10.1. The molecule has 0 rings (SSSR count). The Morgan fingerprint density at radius 1 is 0.833 bits per heavy atom. The van der Waals surface area contributed by atoms with E-state index >= 15 is 0 Å². The molecule has 0 spiro atoms. The van der Waals surface area contributed by atoms with E-state index < -0.39 is 19.2 Å². The average Bonchev–Trinajstić information content (AvgIpc) is 2.51. The van der Waals surface area contributed by atoms with Crippen LogP contribution in [0.5, 0.6) is 0 Å². The largest absolute Gasteiger partial charge is 0.465 e. The van der Waals surface area contributed by atoms with Gasteiger partial charge in [-0.05, 0) is 12.8 Å². The summed E-state index contributed by atoms with van der Waals surface area (Å²) in [7, 11) is -4.43. The van der Waals surface area contributed by atoms with Crippen molar-refractivity contribution in [2.75, 3.05) is 6.61 Å². The lowest BCUT2D eigenvalue weighted by Crippen LogP contribution is -2.24. The summed E-state index contributed by atoms with van der Waals surface area (Å²) in [5.74, 6) is -0.734. The number of carbonyl (C=O) groups excluding carboxylic acids is 1. The lowest BCUT2D eigenvalue weighted by molar-refractivity contribution is -0.143. The van der Waals surface area contributed by atoms with Crippen LogP contribution in [0.1, 0.15) is 97.3 Å². The first-order valence-corrected chi connectivity index (χ1v) is 11.3. The molecular formula is C18H37O5P. The second kappa shape index (κ2) is 14.9. The summed E-state index contributed by atoms with van der Waals surface area (Å²) in [5, 5.41) is 0. The van der Waals surface area contributed by atoms with Gasteiger partial charge in [0.15, 0.2) is 5.66 Å². The van der Waals surface area contributed by atoms with Crippen LogP contribution in [0.2, 0.25) is 0 Å². The van der Waals surface area contributed by atoms with Gasteiger partial charge in [-0.3, -0.25) is 9.36 Å². The Bertz CT molecular complexity index is 353. The number of unbranched alkanes of at least 4 members (excludes halogenated alkanes) is 10. The maximum atomic E-state index is 11.9. The molecule has 0 aromatic heterocycles. The molecule has 0 aromatic carbocycles. The van der Waals surface area contributed by atoms with E-state index in [2.05, 4.69) is 13.8 Å². The van der Waals surface area contributed by atoms with E-state index in [9.17, 15) is 19.1 Å². The minimum atomic E-state index is -4.43. The van der Waals surface area contributed by atoms with Gasteiger partial charge in [-0.15, -0.1) is 0 Å². The van der Waals surface area contributed by atoms with E-state index in [1.165, 1.54) is 32.1 Å². The number of esters is 1. The van der Waals surface area contributed by atoms with E-state index in [0.29, 0.717) is 6.42 Å². The van der Waals surface area contributed by atoms with Crippen molar-refractivity contribution in [3.05, 3.63) is 0 Å². The third kappa shape index (κ3) is 13.0. The molecule has 0 saturated heterocycles. The topological polar surface area (TPSA) is 83.8 Å². The Labute approximate surface area is 147 Å². The van der Waals surface area contributed by atoms with Crippen molar-refractivity contribution in [3.8, 4) is 0 Å². The summed E-state index contributed by atoms with van der Waals surface area (Å²) in [4.78, 5) is 30.7. The van der Waals surface area contributed by atoms with Crippen molar-refractivity contribution in [3.63, 3.8) is 0 Å². The van der Waals surface area contributed by atoms with Crippen LogP contribution < -0.4 is 0 Å². The van der Waals surface area contributed by atoms with Crippen LogP contribution in [0.15, 0.2) is 0 Å². The first kappa shape index (κ1) is 23.6. The van der Waals surface area contributed by atoms with Gasteiger partial charge in [0, 0.05) is 0 Å². The Kier molecular flexibility index (Phi) is 14.7. The molecule has 1 unspecified atom stereocenters. The Morgan fingerprint density at radius 3 is 1.79 bits per heavy atom. The fraction of sp³-hybridized carbons (Fsp3) is 0.944. The molecule has 0 radical (unpaired) electrons. The van der Waals surface area contributed by atoms with Crippen molar-refractivity contribution < 1.29 is 23.9 Å². The van der Waals surface area contributed by atoms with Crippen molar-refractivity contribution in [1.29, 1.82) is 0 Å². The van der Waals surface area contributed by atoms with E-state index in [1.54, 1.807) is 0 Å². The molecule has 1 atom stereocenters. The fourth-order valence-electron chi connectivity index (χ4n) is 2.69. The number of ether oxygens (including phenoxy) is 1. The van der Waals surface area contributed by atoms with Crippen molar-refractivity contribution in [2.45, 2.75) is 103 Å². The van der Waals surface area contributed by atoms with Crippen LogP contribution in [-0.4, -0.2) is 28.0 Å². The van der Waals surface area contributed by atoms with Gasteiger partial charge < -0.3 is 14.5 Å². The molecule has 0 saturated carbocycles. The summed E-state index contributed by atoms with van der Waals surface area (Å²) in [6.07, 6.45) is 13.0. The van der Waals surface area contributed by atoms with Crippen LogP contribution in [0.25, 0.3) is 0 Å². The number of hydrogen-bond acceptors (Lipinski definition) is 3. The second-order valence-corrected chi connectivity index (χ2v) is 8.40. The van der Waals surface area contributed by atoms with E-state index in [4.69, 9.17) is 4.74 Å². The standard InChI is InChI=1S/C18H37O5P/c1-3-5-7-9-10-11-12-14-16-23-18(19)17(24(20,21)22)15-13-8-6-4-2/h17H,3-16H2,1-2H3,(H2,20,21,22). The highest BCUT2D eigenvalue weighted by Crippen LogP contribution is 2.44. The molecule has 0 heterocycles. The molecular weight excluding hydrogens is 327 g/mol. The van der Waals surface area contributed by atoms with Crippen LogP contribution in [-0.2, 0) is 14.1 Å². The summed E-state index contributed by atoms with van der Waals surface area (Å²) in [6, 6.07) is 0. The predicted octanol–water partition coefficient (Wildman–Crippen LogP) is 5.19. The molecule has 0 bridgehead atoms. The maximum Gasteiger partial charge on any atom is 0.339 e. The van der Waals surface area contributed by atoms with Crippen molar-refractivity contribution in [1.82, 2.24) is 0 Å². The molecule has 0 aliphatic carbocycles. The zero-order valence-corrected chi connectivity index (χ0v) is 16.4. The Morgan fingerprint density at radius 2 is 1.29 bits per heavy atom. The molecule has 0 aliphatic heterocycles. The number of rotatable bonds is 16. The molecule has 5 nitrogen and oxygen atoms in total. The third-order valence-electron chi connectivity index (χ3n) is 4.25. The molecule has 0 aromatic rings. The van der Waals surface area contributed by atoms with Crippen LogP contribution in [0.3, 0.4) is 0 Å². The van der Waals surface area contributed by atoms with Gasteiger partial charge in [-0.2, -0.15) is 0 Å². The van der Waals surface area contributed by atoms with Crippen molar-refractivity contribution >= 4 is 13.6 Å². The second-order valence-electron chi connectivity index (χ2n) is 6.60. The summed E-state index contributed by atoms with van der Waals surface area (Å²) >= 11 is 0. The van der Waals surface area contributed by atoms with Gasteiger partial charge >= 0.3 is 13.6 Å². The zero-order chi connectivity index (χ0) is 18.3. The number of carbonyl (C=O) groups is 1. The molecule has 24 heavy (non-hydrogen) atoms. The Balaban J connectivity index is 3.88. The summed E-state index contributed by atoms with van der Waals surface area (Å²) in [6.45, 7) is 4.53. The first-order chi connectivity index (χ1) is 11.4. The highest BCUT2D eigenvalue weighted by molar-refractivity contribution is 7.53. The fourth-order valence-corrected chi connectivity index (χ4v) is 3.56. The quantitative estimate of drug-likeness (QED) is 0.224. The molecule has 6 heteroatoms. The maximum absolute atomic E-state index is 11.9. The van der Waals surface area contributed by atoms with E-state index in [1.807, 2.05) is 0 Å². The number of hydrogen-bond donors (Lipinski definition) is 2. The highest BCUT2D eigenvalue weighted by Gasteiger charge is 2.36. The predicted molar refractivity (Wildman–Crippen MR) is 98.2 cm³/mol. The van der Waals surface area contributed by atoms with Gasteiger partial charge in [0.1, 0.15) is 0 Å². The SMILES string of the molecule is CCCCCCCCCCOC(=O)C(CCCCCC)P(=O)(O)O. The van der Waals surface area contributed by atoms with Gasteiger partial charge in [-0.25, -0.2) is 0 Å².